The lowest BCUT2D eigenvalue weighted by molar-refractivity contribution is -0.137. The number of nitrogens with zero attached hydrogens (tertiary/aromatic N) is 1. The number of urea groups is 1. The molecule has 0 aliphatic carbocycles. The summed E-state index contributed by atoms with van der Waals surface area (Å²) in [4.78, 5) is 17.7. The van der Waals surface area contributed by atoms with Gasteiger partial charge in [0.1, 0.15) is 17.2 Å². The largest absolute Gasteiger partial charge is 0.416 e. The minimum Gasteiger partial charge on any atom is -0.322 e. The summed E-state index contributed by atoms with van der Waals surface area (Å²) in [6.45, 7) is 1.67. The van der Waals surface area contributed by atoms with Gasteiger partial charge in [0.2, 0.25) is 0 Å². The van der Waals surface area contributed by atoms with E-state index in [1.54, 1.807) is 43.3 Å². The van der Waals surface area contributed by atoms with Gasteiger partial charge < -0.3 is 10.6 Å². The predicted octanol–water partition coefficient (Wildman–Crippen LogP) is 7.65. The molecule has 1 unspecified atom stereocenters. The van der Waals surface area contributed by atoms with E-state index in [0.717, 1.165) is 24.3 Å². The average molecular weight is 546 g/mol. The van der Waals surface area contributed by atoms with Crippen LogP contribution in [0.25, 0.3) is 0 Å². The molecule has 2 amide bonds. The molecule has 4 rings (SSSR count). The molecule has 3 aromatic carbocycles. The highest BCUT2D eigenvalue weighted by Gasteiger charge is 2.41. The van der Waals surface area contributed by atoms with Crippen molar-refractivity contribution in [1.29, 1.82) is 0 Å². The molecule has 38 heavy (non-hydrogen) atoms. The zero-order valence-electron chi connectivity index (χ0n) is 19.9. The fourth-order valence-corrected chi connectivity index (χ4v) is 4.54. The van der Waals surface area contributed by atoms with Crippen LogP contribution in [0.1, 0.15) is 27.9 Å². The van der Waals surface area contributed by atoms with E-state index in [-0.39, 0.29) is 23.4 Å². The third-order valence-corrected chi connectivity index (χ3v) is 6.10. The number of aryl methyl sites for hydroxylation is 1. The Morgan fingerprint density at radius 1 is 0.895 bits per heavy atom. The third-order valence-electron chi connectivity index (χ3n) is 5.89. The lowest BCUT2D eigenvalue weighted by atomic mass is 9.78. The van der Waals surface area contributed by atoms with Gasteiger partial charge >= 0.3 is 12.2 Å². The lowest BCUT2D eigenvalue weighted by Crippen LogP contribution is -2.51. The first-order chi connectivity index (χ1) is 18.0. The quantitative estimate of drug-likeness (QED) is 0.245. The molecule has 10 heteroatoms. The number of carbonyl (C=O) groups is 1. The van der Waals surface area contributed by atoms with E-state index in [2.05, 4.69) is 15.6 Å². The van der Waals surface area contributed by atoms with E-state index in [1.165, 1.54) is 18.3 Å². The van der Waals surface area contributed by atoms with Crippen LogP contribution in [0.3, 0.4) is 0 Å². The fourth-order valence-electron chi connectivity index (χ4n) is 4.33. The van der Waals surface area contributed by atoms with Gasteiger partial charge in [-0.2, -0.15) is 13.2 Å². The topological polar surface area (TPSA) is 54.0 Å². The van der Waals surface area contributed by atoms with Gasteiger partial charge in [0.25, 0.3) is 0 Å². The number of benzene rings is 3. The highest BCUT2D eigenvalue weighted by molar-refractivity contribution is 6.30. The van der Waals surface area contributed by atoms with Crippen LogP contribution in [-0.4, -0.2) is 11.0 Å². The summed E-state index contributed by atoms with van der Waals surface area (Å²) in [5.41, 5.74) is -1.24. The maximum Gasteiger partial charge on any atom is 0.416 e. The van der Waals surface area contributed by atoms with Crippen molar-refractivity contribution in [2.75, 3.05) is 5.32 Å². The number of carbonyl (C=O) groups excluding carboxylic acids is 1. The molecule has 0 saturated carbocycles. The zero-order chi connectivity index (χ0) is 27.5. The molecular weight excluding hydrogens is 525 g/mol. The molecule has 0 radical (unpaired) electrons. The van der Waals surface area contributed by atoms with Crippen LogP contribution in [0.2, 0.25) is 5.02 Å². The van der Waals surface area contributed by atoms with Crippen LogP contribution >= 0.6 is 11.6 Å². The summed E-state index contributed by atoms with van der Waals surface area (Å²) in [6.07, 6.45) is -3.33. The highest BCUT2D eigenvalue weighted by Crippen LogP contribution is 2.38. The molecule has 4 aromatic rings. The summed E-state index contributed by atoms with van der Waals surface area (Å²) in [6, 6.07) is 16.5. The van der Waals surface area contributed by atoms with Gasteiger partial charge in [-0.3, -0.25) is 4.98 Å². The number of alkyl halides is 3. The molecule has 0 aliphatic heterocycles. The molecule has 1 atom stereocenters. The van der Waals surface area contributed by atoms with E-state index in [1.807, 2.05) is 0 Å². The Morgan fingerprint density at radius 2 is 1.55 bits per heavy atom. The van der Waals surface area contributed by atoms with Crippen molar-refractivity contribution in [3.63, 3.8) is 0 Å². The Kier molecular flexibility index (Phi) is 7.68. The van der Waals surface area contributed by atoms with E-state index >= 15 is 0 Å². The third kappa shape index (κ3) is 6.11. The molecule has 2 N–H and O–H groups in total. The minimum atomic E-state index is -4.65. The van der Waals surface area contributed by atoms with Gasteiger partial charge in [-0.1, -0.05) is 54.1 Å². The van der Waals surface area contributed by atoms with Gasteiger partial charge in [0.15, 0.2) is 0 Å². The van der Waals surface area contributed by atoms with Crippen molar-refractivity contribution in [1.82, 2.24) is 10.3 Å². The van der Waals surface area contributed by atoms with Crippen molar-refractivity contribution >= 4 is 23.3 Å². The summed E-state index contributed by atoms with van der Waals surface area (Å²) in [7, 11) is 0. The zero-order valence-corrected chi connectivity index (χ0v) is 20.7. The van der Waals surface area contributed by atoms with Crippen LogP contribution in [0.4, 0.5) is 32.4 Å². The number of hydrogen-bond donors (Lipinski definition) is 2. The number of halogens is 6. The van der Waals surface area contributed by atoms with Crippen LogP contribution in [0.5, 0.6) is 0 Å². The molecule has 0 bridgehead atoms. The highest BCUT2D eigenvalue weighted by atomic mass is 35.5. The number of amides is 2. The molecule has 0 fully saturated rings. The second-order valence-electron chi connectivity index (χ2n) is 8.70. The van der Waals surface area contributed by atoms with Gasteiger partial charge in [0.05, 0.1) is 16.3 Å². The summed E-state index contributed by atoms with van der Waals surface area (Å²) in [5.74, 6) is -1.83. The number of pyridine rings is 1. The maximum absolute atomic E-state index is 13.7. The van der Waals surface area contributed by atoms with Crippen molar-refractivity contribution in [2.24, 2.45) is 0 Å². The van der Waals surface area contributed by atoms with Gasteiger partial charge in [-0.15, -0.1) is 0 Å². The molecule has 1 aromatic heterocycles. The molecule has 4 nitrogen and oxygen atoms in total. The Labute approximate surface area is 220 Å². The minimum absolute atomic E-state index is 0.00441. The van der Waals surface area contributed by atoms with Crippen molar-refractivity contribution in [2.45, 2.75) is 25.1 Å². The predicted molar refractivity (Wildman–Crippen MR) is 135 cm³/mol. The monoisotopic (exact) mass is 545 g/mol. The first-order valence-corrected chi connectivity index (χ1v) is 11.7. The number of aromatic nitrogens is 1. The van der Waals surface area contributed by atoms with E-state index in [0.29, 0.717) is 22.2 Å². The molecule has 0 saturated heterocycles. The van der Waals surface area contributed by atoms with Crippen molar-refractivity contribution in [3.8, 4) is 0 Å². The Bertz CT molecular complexity index is 1440. The number of nitrogens with one attached hydrogen (secondary N) is 2. The molecule has 1 heterocycles. The molecular formula is C28H21ClF5N3O. The number of rotatable bonds is 6. The standard InChI is InChI=1S/C28H21ClF5N3O/c1-17-10-21(29)16-35-25(17)27(15-18-6-3-2-4-7-18,19-8-5-9-20(11-19)28(32,33)34)37-26(38)36-24-13-22(30)12-23(31)14-24/h2-14,16H,15H2,1H3,(H2,36,37,38). The second-order valence-corrected chi connectivity index (χ2v) is 9.14. The molecule has 0 spiro atoms. The number of anilines is 1. The summed E-state index contributed by atoms with van der Waals surface area (Å²) >= 11 is 6.12. The summed E-state index contributed by atoms with van der Waals surface area (Å²) < 4.78 is 68.7. The first kappa shape index (κ1) is 27.1. The lowest BCUT2D eigenvalue weighted by Gasteiger charge is -2.36. The SMILES string of the molecule is Cc1cc(Cl)cnc1C(Cc1ccccc1)(NC(=O)Nc1cc(F)cc(F)c1)c1cccc(C(F)(F)F)c1. The van der Waals surface area contributed by atoms with Crippen LogP contribution in [-0.2, 0) is 18.1 Å². The van der Waals surface area contributed by atoms with Crippen LogP contribution in [0.15, 0.2) is 85.1 Å². The van der Waals surface area contributed by atoms with E-state index in [4.69, 9.17) is 11.6 Å². The van der Waals surface area contributed by atoms with E-state index < -0.39 is 34.9 Å². The number of hydrogen-bond acceptors (Lipinski definition) is 2. The first-order valence-electron chi connectivity index (χ1n) is 11.4. The summed E-state index contributed by atoms with van der Waals surface area (Å²) in [5, 5.41) is 5.44. The van der Waals surface area contributed by atoms with Crippen LogP contribution < -0.4 is 10.6 Å². The second kappa shape index (κ2) is 10.8. The molecule has 196 valence electrons. The fraction of sp³-hybridized carbons (Fsp3) is 0.143. The van der Waals surface area contributed by atoms with Crippen molar-refractivity contribution in [3.05, 3.63) is 130 Å². The normalized spacial score (nSPS) is 13.0. The van der Waals surface area contributed by atoms with Crippen LogP contribution in [0, 0.1) is 18.6 Å². The Morgan fingerprint density at radius 3 is 2.18 bits per heavy atom. The van der Waals surface area contributed by atoms with Gasteiger partial charge in [-0.25, -0.2) is 13.6 Å². The molecule has 0 aliphatic rings. The Hall–Kier alpha value is -3.98. The van der Waals surface area contributed by atoms with E-state index in [9.17, 15) is 26.7 Å². The smallest absolute Gasteiger partial charge is 0.322 e. The maximum atomic E-state index is 13.7. The van der Waals surface area contributed by atoms with Gasteiger partial charge in [0, 0.05) is 24.4 Å². The Balaban J connectivity index is 1.91. The van der Waals surface area contributed by atoms with Crippen molar-refractivity contribution < 1.29 is 26.7 Å². The average Bonchev–Trinajstić information content (AvgIpc) is 2.83. The van der Waals surface area contributed by atoms with Gasteiger partial charge in [-0.05, 0) is 53.9 Å².